The molecular formula is C24H27FN4O4. The number of rotatable bonds is 5. The Hall–Kier alpha value is -3.62. The lowest BCUT2D eigenvalue weighted by Gasteiger charge is -2.39. The van der Waals surface area contributed by atoms with Crippen molar-refractivity contribution in [2.24, 2.45) is 10.9 Å². The molecule has 0 radical (unpaired) electrons. The highest BCUT2D eigenvalue weighted by Crippen LogP contribution is 2.36. The number of anilines is 1. The summed E-state index contributed by atoms with van der Waals surface area (Å²) in [5.41, 5.74) is 1.59. The molecule has 174 valence electrons. The first-order chi connectivity index (χ1) is 16.0. The second-order valence-corrected chi connectivity index (χ2v) is 7.81. The topological polar surface area (TPSA) is 83.5 Å². The quantitative estimate of drug-likeness (QED) is 0.552. The van der Waals surface area contributed by atoms with Crippen LogP contribution in [0.2, 0.25) is 0 Å². The first-order valence-electron chi connectivity index (χ1n) is 11.0. The molecular weight excluding hydrogens is 427 g/mol. The Morgan fingerprint density at radius 2 is 1.76 bits per heavy atom. The van der Waals surface area contributed by atoms with E-state index < -0.39 is 23.8 Å². The van der Waals surface area contributed by atoms with Crippen molar-refractivity contribution in [1.82, 2.24) is 10.2 Å². The van der Waals surface area contributed by atoms with Crippen molar-refractivity contribution in [3.05, 3.63) is 59.9 Å². The predicted molar refractivity (Wildman–Crippen MR) is 122 cm³/mol. The van der Waals surface area contributed by atoms with Gasteiger partial charge < -0.3 is 19.3 Å². The van der Waals surface area contributed by atoms with Crippen LogP contribution in [0, 0.1) is 11.7 Å². The average Bonchev–Trinajstić information content (AvgIpc) is 2.84. The number of nitrogens with zero attached hydrogens (tertiary/aromatic N) is 3. The summed E-state index contributed by atoms with van der Waals surface area (Å²) >= 11 is 0. The smallest absolute Gasteiger partial charge is 0.321 e. The number of piperazine rings is 1. The van der Waals surface area contributed by atoms with Crippen LogP contribution < -0.4 is 15.0 Å². The molecule has 33 heavy (non-hydrogen) atoms. The molecule has 0 unspecified atom stereocenters. The standard InChI is InChI=1S/C24H27FN4O4/c1-3-33-23(31)20-21(18-6-4-5-7-19(18)32-2)26-24(27-22(20)30)29-14-12-28(13-15-29)17-10-8-16(25)9-11-17/h4-11,20-21H,3,12-15H2,1-2H3,(H,26,27,30)/t20-,21-/m0/s1. The average molecular weight is 455 g/mol. The predicted octanol–water partition coefficient (Wildman–Crippen LogP) is 2.36. The van der Waals surface area contributed by atoms with E-state index in [-0.39, 0.29) is 12.4 Å². The van der Waals surface area contributed by atoms with Gasteiger partial charge in [0.2, 0.25) is 11.9 Å². The van der Waals surface area contributed by atoms with Gasteiger partial charge in [-0.15, -0.1) is 0 Å². The van der Waals surface area contributed by atoms with Gasteiger partial charge in [-0.1, -0.05) is 18.2 Å². The maximum Gasteiger partial charge on any atom is 0.321 e. The Kier molecular flexibility index (Phi) is 6.76. The molecule has 9 heteroatoms. The number of carbonyl (C=O) groups is 2. The molecule has 2 atom stereocenters. The van der Waals surface area contributed by atoms with Gasteiger partial charge in [0.05, 0.1) is 13.7 Å². The molecule has 1 fully saturated rings. The van der Waals surface area contributed by atoms with E-state index in [9.17, 15) is 14.0 Å². The van der Waals surface area contributed by atoms with Gasteiger partial charge in [0.25, 0.3) is 0 Å². The maximum atomic E-state index is 13.2. The van der Waals surface area contributed by atoms with E-state index in [0.717, 1.165) is 5.69 Å². The van der Waals surface area contributed by atoms with Crippen molar-refractivity contribution in [3.8, 4) is 5.75 Å². The Labute approximate surface area is 192 Å². The highest BCUT2D eigenvalue weighted by Gasteiger charge is 2.43. The number of hydrogen-bond donors (Lipinski definition) is 1. The summed E-state index contributed by atoms with van der Waals surface area (Å²) < 4.78 is 23.9. The lowest BCUT2D eigenvalue weighted by atomic mass is 9.90. The van der Waals surface area contributed by atoms with E-state index in [1.165, 1.54) is 12.1 Å². The van der Waals surface area contributed by atoms with Crippen molar-refractivity contribution in [2.45, 2.75) is 13.0 Å². The number of amides is 1. The van der Waals surface area contributed by atoms with Crippen LogP contribution in [0.4, 0.5) is 10.1 Å². The molecule has 2 aliphatic rings. The van der Waals surface area contributed by atoms with Gasteiger partial charge >= 0.3 is 5.97 Å². The SMILES string of the molecule is CCOC(=O)[C@@H]1C(=O)NC(N2CCN(c3ccc(F)cc3)CC2)=N[C@H]1c1ccccc1OC. The number of aliphatic imine (C=N–C) groups is 1. The fourth-order valence-electron chi connectivity index (χ4n) is 4.19. The van der Waals surface area contributed by atoms with Crippen LogP contribution in [0.15, 0.2) is 53.5 Å². The van der Waals surface area contributed by atoms with Gasteiger partial charge in [-0.3, -0.25) is 14.9 Å². The normalized spacial score (nSPS) is 20.7. The summed E-state index contributed by atoms with van der Waals surface area (Å²) in [4.78, 5) is 34.6. The van der Waals surface area contributed by atoms with Crippen LogP contribution in [0.1, 0.15) is 18.5 Å². The van der Waals surface area contributed by atoms with Gasteiger partial charge in [-0.2, -0.15) is 0 Å². The van der Waals surface area contributed by atoms with Crippen LogP contribution in [-0.2, 0) is 14.3 Å². The molecule has 1 N–H and O–H groups in total. The van der Waals surface area contributed by atoms with Crippen molar-refractivity contribution in [1.29, 1.82) is 0 Å². The lowest BCUT2D eigenvalue weighted by Crippen LogP contribution is -2.57. The Balaban J connectivity index is 1.59. The Morgan fingerprint density at radius 3 is 2.42 bits per heavy atom. The number of ether oxygens (including phenoxy) is 2. The molecule has 0 saturated carbocycles. The third-order valence-electron chi connectivity index (χ3n) is 5.86. The van der Waals surface area contributed by atoms with E-state index in [1.807, 2.05) is 23.1 Å². The summed E-state index contributed by atoms with van der Waals surface area (Å²) in [6, 6.07) is 12.9. The second-order valence-electron chi connectivity index (χ2n) is 7.81. The van der Waals surface area contributed by atoms with Crippen LogP contribution >= 0.6 is 0 Å². The fourth-order valence-corrected chi connectivity index (χ4v) is 4.19. The molecule has 0 aliphatic carbocycles. The molecule has 1 saturated heterocycles. The minimum Gasteiger partial charge on any atom is -0.496 e. The van der Waals surface area contributed by atoms with Crippen molar-refractivity contribution < 1.29 is 23.5 Å². The summed E-state index contributed by atoms with van der Waals surface area (Å²) in [7, 11) is 1.54. The number of carbonyl (C=O) groups excluding carboxylic acids is 2. The minimum absolute atomic E-state index is 0.170. The highest BCUT2D eigenvalue weighted by atomic mass is 19.1. The number of guanidine groups is 1. The zero-order chi connectivity index (χ0) is 23.4. The third kappa shape index (κ3) is 4.76. The molecule has 2 heterocycles. The molecule has 0 bridgehead atoms. The van der Waals surface area contributed by atoms with Crippen LogP contribution in [0.3, 0.4) is 0 Å². The molecule has 0 aromatic heterocycles. The van der Waals surface area contributed by atoms with Gasteiger partial charge in [-0.05, 0) is 37.3 Å². The van der Waals surface area contributed by atoms with E-state index >= 15 is 0 Å². The van der Waals surface area contributed by atoms with Crippen molar-refractivity contribution in [3.63, 3.8) is 0 Å². The van der Waals surface area contributed by atoms with Gasteiger partial charge in [-0.25, -0.2) is 9.38 Å². The molecule has 4 rings (SSSR count). The zero-order valence-corrected chi connectivity index (χ0v) is 18.7. The first kappa shape index (κ1) is 22.6. The van der Waals surface area contributed by atoms with Crippen LogP contribution in [0.25, 0.3) is 0 Å². The molecule has 2 aliphatic heterocycles. The molecule has 2 aromatic carbocycles. The number of benzene rings is 2. The summed E-state index contributed by atoms with van der Waals surface area (Å²) in [6.07, 6.45) is 0. The maximum absolute atomic E-state index is 13.2. The second kappa shape index (κ2) is 9.89. The lowest BCUT2D eigenvalue weighted by molar-refractivity contribution is -0.153. The molecule has 8 nitrogen and oxygen atoms in total. The van der Waals surface area contributed by atoms with E-state index in [2.05, 4.69) is 10.2 Å². The number of nitrogens with one attached hydrogen (secondary N) is 1. The van der Waals surface area contributed by atoms with Crippen LogP contribution in [-0.4, -0.2) is 62.6 Å². The van der Waals surface area contributed by atoms with E-state index in [1.54, 1.807) is 32.2 Å². The number of esters is 1. The molecule has 2 aromatic rings. The Bertz CT molecular complexity index is 1040. The van der Waals surface area contributed by atoms with E-state index in [0.29, 0.717) is 43.5 Å². The zero-order valence-electron chi connectivity index (χ0n) is 18.7. The summed E-state index contributed by atoms with van der Waals surface area (Å²) in [5.74, 6) is -1.46. The van der Waals surface area contributed by atoms with Gasteiger partial charge in [0.1, 0.15) is 17.6 Å². The molecule has 0 spiro atoms. The summed E-state index contributed by atoms with van der Waals surface area (Å²) in [6.45, 7) is 4.45. The fraction of sp³-hybridized carbons (Fsp3) is 0.375. The first-order valence-corrected chi connectivity index (χ1v) is 11.0. The van der Waals surface area contributed by atoms with Crippen LogP contribution in [0.5, 0.6) is 5.75 Å². The number of hydrogen-bond acceptors (Lipinski definition) is 7. The molecule has 1 amide bonds. The van der Waals surface area contributed by atoms with Gasteiger partial charge in [0.15, 0.2) is 5.92 Å². The minimum atomic E-state index is -1.11. The largest absolute Gasteiger partial charge is 0.496 e. The third-order valence-corrected chi connectivity index (χ3v) is 5.86. The van der Waals surface area contributed by atoms with Crippen molar-refractivity contribution >= 4 is 23.5 Å². The number of methoxy groups -OCH3 is 1. The number of para-hydroxylation sites is 1. The number of halogens is 1. The van der Waals surface area contributed by atoms with E-state index in [4.69, 9.17) is 14.5 Å². The van der Waals surface area contributed by atoms with Gasteiger partial charge in [0, 0.05) is 37.4 Å². The summed E-state index contributed by atoms with van der Waals surface area (Å²) in [5, 5.41) is 2.80. The van der Waals surface area contributed by atoms with Crippen molar-refractivity contribution in [2.75, 3.05) is 44.8 Å². The Morgan fingerprint density at radius 1 is 1.09 bits per heavy atom. The highest BCUT2D eigenvalue weighted by molar-refractivity contribution is 6.08. The monoisotopic (exact) mass is 454 g/mol.